The quantitative estimate of drug-likeness (QED) is 0.328. The number of hydrogen-bond donors (Lipinski definition) is 2. The van der Waals surface area contributed by atoms with E-state index in [-0.39, 0.29) is 0 Å². The average molecular weight is 108 g/mol. The number of hydrogen-bond acceptors (Lipinski definition) is 4. The Morgan fingerprint density at radius 1 is 1.57 bits per heavy atom. The summed E-state index contributed by atoms with van der Waals surface area (Å²) in [4.78, 5) is 12.5. The van der Waals surface area contributed by atoms with E-state index in [1.54, 1.807) is 0 Å². The fourth-order valence-corrected chi connectivity index (χ4v) is 0. The molecule has 0 rings (SSSR count). The van der Waals surface area contributed by atoms with Gasteiger partial charge in [-0.15, -0.1) is 0 Å². The molecular weight excluding hydrogens is 100 g/mol. The van der Waals surface area contributed by atoms with Gasteiger partial charge in [0.05, 0.1) is 0 Å². The summed E-state index contributed by atoms with van der Waals surface area (Å²) in [6.45, 7) is 1.11. The highest BCUT2D eigenvalue weighted by Crippen LogP contribution is 1.59. The van der Waals surface area contributed by atoms with Gasteiger partial charge in [-0.25, -0.2) is 4.79 Å². The van der Waals surface area contributed by atoms with Gasteiger partial charge in [0.15, 0.2) is 0 Å². The molecule has 0 aromatic heterocycles. The number of aliphatic hydroxyl groups is 1. The fourth-order valence-electron chi connectivity index (χ4n) is 0. The van der Waals surface area contributed by atoms with Gasteiger partial charge in [-0.2, -0.15) is 5.26 Å². The molecule has 0 bridgehead atoms. The van der Waals surface area contributed by atoms with E-state index in [4.69, 9.17) is 10.4 Å². The van der Waals surface area contributed by atoms with Crippen LogP contribution in [0.4, 0.5) is 0 Å². The molecule has 0 atom stereocenters. The van der Waals surface area contributed by atoms with E-state index in [0.717, 1.165) is 14.0 Å². The molecule has 4 heteroatoms. The van der Waals surface area contributed by atoms with Gasteiger partial charge in [0.1, 0.15) is 0 Å². The SMILES string of the molecule is CC(=O)OO.CO. The standard InChI is InChI=1S/C2H4O3.CH4O/c1-2(3)5-4;1-2/h4H,1H3;2H,1H3. The molecule has 7 heavy (non-hydrogen) atoms. The van der Waals surface area contributed by atoms with Crippen molar-refractivity contribution >= 4 is 5.97 Å². The third-order valence-corrected chi connectivity index (χ3v) is 0.129. The van der Waals surface area contributed by atoms with Crippen molar-refractivity contribution in [2.24, 2.45) is 0 Å². The van der Waals surface area contributed by atoms with Gasteiger partial charge in [-0.05, 0) is 0 Å². The first-order valence-electron chi connectivity index (χ1n) is 1.54. The van der Waals surface area contributed by atoms with Crippen molar-refractivity contribution in [3.63, 3.8) is 0 Å². The van der Waals surface area contributed by atoms with Crippen LogP contribution in [0.25, 0.3) is 0 Å². The van der Waals surface area contributed by atoms with Crippen LogP contribution in [0, 0.1) is 0 Å². The van der Waals surface area contributed by atoms with Gasteiger partial charge >= 0.3 is 5.97 Å². The molecule has 0 saturated heterocycles. The molecule has 0 heterocycles. The third kappa shape index (κ3) is 32.1. The van der Waals surface area contributed by atoms with Crippen LogP contribution in [0.1, 0.15) is 6.92 Å². The Labute approximate surface area is 41.3 Å². The van der Waals surface area contributed by atoms with E-state index in [2.05, 4.69) is 4.89 Å². The van der Waals surface area contributed by atoms with Gasteiger partial charge in [-0.3, -0.25) is 0 Å². The Balaban J connectivity index is 0. The number of carbonyl (C=O) groups excluding carboxylic acids is 1. The molecule has 0 aromatic rings. The van der Waals surface area contributed by atoms with Gasteiger partial charge in [0.2, 0.25) is 0 Å². The summed E-state index contributed by atoms with van der Waals surface area (Å²) in [5, 5.41) is 14.3. The van der Waals surface area contributed by atoms with Crippen molar-refractivity contribution in [2.75, 3.05) is 7.11 Å². The minimum atomic E-state index is -0.690. The van der Waals surface area contributed by atoms with Crippen LogP contribution in [-0.2, 0) is 9.68 Å². The lowest BCUT2D eigenvalue weighted by Crippen LogP contribution is -1.89. The van der Waals surface area contributed by atoms with Crippen LogP contribution in [0.15, 0.2) is 0 Å². The van der Waals surface area contributed by atoms with Crippen molar-refractivity contribution in [1.82, 2.24) is 0 Å². The third-order valence-electron chi connectivity index (χ3n) is 0.129. The molecule has 0 aliphatic carbocycles. The zero-order valence-electron chi connectivity index (χ0n) is 4.21. The van der Waals surface area contributed by atoms with E-state index >= 15 is 0 Å². The average Bonchev–Trinajstić information content (AvgIpc) is 1.73. The highest BCUT2D eigenvalue weighted by Gasteiger charge is 1.79. The normalized spacial score (nSPS) is 5.71. The van der Waals surface area contributed by atoms with Crippen LogP contribution < -0.4 is 0 Å². The summed E-state index contributed by atoms with van der Waals surface area (Å²) >= 11 is 0. The molecule has 4 nitrogen and oxygen atoms in total. The number of rotatable bonds is 0. The molecule has 0 amide bonds. The van der Waals surface area contributed by atoms with Crippen LogP contribution in [0.3, 0.4) is 0 Å². The lowest BCUT2D eigenvalue weighted by molar-refractivity contribution is -0.231. The smallest absolute Gasteiger partial charge is 0.339 e. The Hall–Kier alpha value is -0.610. The van der Waals surface area contributed by atoms with Crippen molar-refractivity contribution in [2.45, 2.75) is 6.92 Å². The summed E-state index contributed by atoms with van der Waals surface area (Å²) < 4.78 is 0. The maximum absolute atomic E-state index is 9.34. The van der Waals surface area contributed by atoms with E-state index in [1.807, 2.05) is 0 Å². The summed E-state index contributed by atoms with van der Waals surface area (Å²) in [5.74, 6) is -0.690. The number of carbonyl (C=O) groups is 1. The molecule has 0 saturated carbocycles. The van der Waals surface area contributed by atoms with E-state index < -0.39 is 5.97 Å². The predicted molar refractivity (Wildman–Crippen MR) is 22.5 cm³/mol. The lowest BCUT2D eigenvalue weighted by atomic mass is 10.9. The molecule has 0 radical (unpaired) electrons. The Bertz CT molecular complexity index is 42.2. The largest absolute Gasteiger partial charge is 0.400 e. The first-order chi connectivity index (χ1) is 3.27. The first-order valence-corrected chi connectivity index (χ1v) is 1.54. The highest BCUT2D eigenvalue weighted by molar-refractivity contribution is 5.64. The molecule has 0 aliphatic rings. The summed E-state index contributed by atoms with van der Waals surface area (Å²) in [7, 11) is 1.00. The second-order valence-corrected chi connectivity index (χ2v) is 0.583. The zero-order valence-corrected chi connectivity index (χ0v) is 4.21. The monoisotopic (exact) mass is 108 g/mol. The molecular formula is C3H8O4. The fraction of sp³-hybridized carbons (Fsp3) is 0.667. The Kier molecular flexibility index (Phi) is 12.4. The van der Waals surface area contributed by atoms with Crippen molar-refractivity contribution in [3.05, 3.63) is 0 Å². The molecule has 2 N–H and O–H groups in total. The van der Waals surface area contributed by atoms with E-state index in [0.29, 0.717) is 0 Å². The minimum absolute atomic E-state index is 0.690. The zero-order chi connectivity index (χ0) is 6.28. The van der Waals surface area contributed by atoms with Gasteiger partial charge < -0.3 is 9.99 Å². The molecule has 44 valence electrons. The maximum Gasteiger partial charge on any atom is 0.339 e. The topological polar surface area (TPSA) is 66.8 Å². The summed E-state index contributed by atoms with van der Waals surface area (Å²) in [6.07, 6.45) is 0. The van der Waals surface area contributed by atoms with Gasteiger partial charge in [0, 0.05) is 14.0 Å². The van der Waals surface area contributed by atoms with E-state index in [1.165, 1.54) is 0 Å². The van der Waals surface area contributed by atoms with Crippen molar-refractivity contribution < 1.29 is 20.0 Å². The number of aliphatic hydroxyl groups excluding tert-OH is 1. The Morgan fingerprint density at radius 2 is 1.71 bits per heavy atom. The molecule has 0 spiro atoms. The second kappa shape index (κ2) is 9.04. The van der Waals surface area contributed by atoms with Crippen molar-refractivity contribution in [1.29, 1.82) is 0 Å². The first kappa shape index (κ1) is 9.63. The van der Waals surface area contributed by atoms with Gasteiger partial charge in [-0.1, -0.05) is 0 Å². The molecule has 0 unspecified atom stereocenters. The summed E-state index contributed by atoms with van der Waals surface area (Å²) in [5.41, 5.74) is 0. The lowest BCUT2D eigenvalue weighted by Gasteiger charge is -1.76. The second-order valence-electron chi connectivity index (χ2n) is 0.583. The molecule has 0 aromatic carbocycles. The van der Waals surface area contributed by atoms with Crippen LogP contribution in [0.2, 0.25) is 0 Å². The van der Waals surface area contributed by atoms with Gasteiger partial charge in [0.25, 0.3) is 0 Å². The Morgan fingerprint density at radius 3 is 1.71 bits per heavy atom. The predicted octanol–water partition coefficient (Wildman–Crippen LogP) is -0.369. The minimum Gasteiger partial charge on any atom is -0.400 e. The maximum atomic E-state index is 9.34. The van der Waals surface area contributed by atoms with Crippen LogP contribution in [0.5, 0.6) is 0 Å². The van der Waals surface area contributed by atoms with Crippen LogP contribution >= 0.6 is 0 Å². The molecule has 0 fully saturated rings. The van der Waals surface area contributed by atoms with E-state index in [9.17, 15) is 4.79 Å². The summed E-state index contributed by atoms with van der Waals surface area (Å²) in [6, 6.07) is 0. The molecule has 0 aliphatic heterocycles. The highest BCUT2D eigenvalue weighted by atomic mass is 17.1. The van der Waals surface area contributed by atoms with Crippen molar-refractivity contribution in [3.8, 4) is 0 Å². The van der Waals surface area contributed by atoms with Crippen LogP contribution in [-0.4, -0.2) is 23.4 Å².